The summed E-state index contributed by atoms with van der Waals surface area (Å²) in [6, 6.07) is 19.2. The second-order valence-electron chi connectivity index (χ2n) is 6.96. The van der Waals surface area contributed by atoms with Crippen molar-refractivity contribution < 1.29 is 10.2 Å². The molecule has 0 saturated heterocycles. The Morgan fingerprint density at radius 1 is 0.966 bits per heavy atom. The molecule has 3 aromatic carbocycles. The Morgan fingerprint density at radius 3 is 2.55 bits per heavy atom. The maximum absolute atomic E-state index is 9.75. The summed E-state index contributed by atoms with van der Waals surface area (Å²) in [7, 11) is 0. The Balaban J connectivity index is 1.89. The van der Waals surface area contributed by atoms with Crippen LogP contribution in [0.3, 0.4) is 0 Å². The number of fused-ring (bicyclic) bond motifs is 1. The molecule has 2 N–H and O–H groups in total. The van der Waals surface area contributed by atoms with E-state index in [1.165, 1.54) is 12.1 Å². The Hall–Kier alpha value is -3.38. The van der Waals surface area contributed by atoms with Gasteiger partial charge in [0.15, 0.2) is 11.5 Å². The number of aromatic hydroxyl groups is 2. The summed E-state index contributed by atoms with van der Waals surface area (Å²) >= 11 is 1.54. The molecule has 0 aliphatic rings. The molecule has 0 amide bonds. The van der Waals surface area contributed by atoms with Gasteiger partial charge < -0.3 is 10.2 Å². The van der Waals surface area contributed by atoms with Gasteiger partial charge in [-0.2, -0.15) is 5.10 Å². The lowest BCUT2D eigenvalue weighted by Crippen LogP contribution is -2.14. The van der Waals surface area contributed by atoms with Crippen LogP contribution in [-0.4, -0.2) is 27.1 Å². The minimum atomic E-state index is -0.175. The van der Waals surface area contributed by atoms with Gasteiger partial charge in [-0.05, 0) is 48.4 Å². The number of nitrogens with zero attached hydrogens (tertiary/aromatic N) is 3. The zero-order valence-corrected chi connectivity index (χ0v) is 17.0. The van der Waals surface area contributed by atoms with E-state index in [9.17, 15) is 10.2 Å². The van der Waals surface area contributed by atoms with Crippen LogP contribution in [0.15, 0.2) is 76.1 Å². The topological polar surface area (TPSA) is 70.1 Å². The highest BCUT2D eigenvalue weighted by molar-refractivity contribution is 7.07. The van der Waals surface area contributed by atoms with Crippen molar-refractivity contribution in [2.75, 3.05) is 0 Å². The molecule has 4 rings (SSSR count). The SMILES string of the molecule is CC(C)N=c1scc(-c2cccc3ccccc23)n1N=Cc1ccc(O)c(O)c1. The first-order valence-corrected chi connectivity index (χ1v) is 10.2. The fraction of sp³-hybridized carbons (Fsp3) is 0.130. The van der Waals surface area contributed by atoms with Crippen molar-refractivity contribution in [1.29, 1.82) is 0 Å². The van der Waals surface area contributed by atoms with Crippen LogP contribution in [-0.2, 0) is 0 Å². The van der Waals surface area contributed by atoms with Crippen molar-refractivity contribution in [3.63, 3.8) is 0 Å². The van der Waals surface area contributed by atoms with Crippen molar-refractivity contribution in [1.82, 2.24) is 4.68 Å². The summed E-state index contributed by atoms with van der Waals surface area (Å²) in [5, 5.41) is 28.3. The van der Waals surface area contributed by atoms with E-state index < -0.39 is 0 Å². The van der Waals surface area contributed by atoms with E-state index in [0.29, 0.717) is 5.56 Å². The van der Waals surface area contributed by atoms with Gasteiger partial charge in [-0.3, -0.25) is 4.99 Å². The molecule has 1 heterocycles. The molecule has 29 heavy (non-hydrogen) atoms. The molecule has 1 aromatic heterocycles. The number of aromatic nitrogens is 1. The summed E-state index contributed by atoms with van der Waals surface area (Å²) < 4.78 is 1.83. The van der Waals surface area contributed by atoms with Crippen LogP contribution in [0, 0.1) is 0 Å². The van der Waals surface area contributed by atoms with Crippen LogP contribution in [0.2, 0.25) is 0 Å². The molecule has 5 nitrogen and oxygen atoms in total. The molecule has 146 valence electrons. The highest BCUT2D eigenvalue weighted by Crippen LogP contribution is 2.29. The van der Waals surface area contributed by atoms with Crippen molar-refractivity contribution >= 4 is 28.3 Å². The Labute approximate surface area is 172 Å². The second-order valence-corrected chi connectivity index (χ2v) is 7.79. The minimum absolute atomic E-state index is 0.133. The number of phenols is 2. The predicted molar refractivity (Wildman–Crippen MR) is 119 cm³/mol. The quantitative estimate of drug-likeness (QED) is 0.373. The molecule has 0 saturated carbocycles. The Bertz CT molecular complexity index is 1260. The molecule has 0 unspecified atom stereocenters. The number of hydrogen-bond acceptors (Lipinski definition) is 5. The van der Waals surface area contributed by atoms with Gasteiger partial charge in [0.2, 0.25) is 4.80 Å². The molecule has 0 fully saturated rings. The largest absolute Gasteiger partial charge is 0.504 e. The number of benzene rings is 3. The third-order valence-electron chi connectivity index (χ3n) is 4.44. The highest BCUT2D eigenvalue weighted by atomic mass is 32.1. The van der Waals surface area contributed by atoms with Gasteiger partial charge in [-0.15, -0.1) is 11.3 Å². The summed E-state index contributed by atoms with van der Waals surface area (Å²) in [6.07, 6.45) is 1.65. The molecule has 4 aromatic rings. The van der Waals surface area contributed by atoms with E-state index in [4.69, 9.17) is 4.99 Å². The van der Waals surface area contributed by atoms with Crippen molar-refractivity contribution in [3.05, 3.63) is 76.4 Å². The van der Waals surface area contributed by atoms with Gasteiger partial charge in [0, 0.05) is 17.0 Å². The number of rotatable bonds is 4. The summed E-state index contributed by atoms with van der Waals surface area (Å²) in [5.74, 6) is -0.331. The summed E-state index contributed by atoms with van der Waals surface area (Å²) in [5.41, 5.74) is 2.71. The maximum atomic E-state index is 9.75. The number of phenolic OH excluding ortho intramolecular Hbond substituents is 2. The lowest BCUT2D eigenvalue weighted by atomic mass is 10.0. The van der Waals surface area contributed by atoms with Crippen LogP contribution in [0.1, 0.15) is 19.4 Å². The van der Waals surface area contributed by atoms with Crippen molar-refractivity contribution in [2.24, 2.45) is 10.1 Å². The fourth-order valence-corrected chi connectivity index (χ4v) is 4.06. The Morgan fingerprint density at radius 2 is 1.76 bits per heavy atom. The molecule has 0 aliphatic carbocycles. The molecular formula is C23H21N3O2S. The first kappa shape index (κ1) is 19.0. The average Bonchev–Trinajstić information content (AvgIpc) is 3.10. The van der Waals surface area contributed by atoms with Gasteiger partial charge in [-0.25, -0.2) is 4.68 Å². The first-order chi connectivity index (χ1) is 14.0. The van der Waals surface area contributed by atoms with E-state index in [1.807, 2.05) is 36.7 Å². The van der Waals surface area contributed by atoms with Crippen LogP contribution < -0.4 is 4.80 Å². The molecule has 0 radical (unpaired) electrons. The Kier molecular flexibility index (Phi) is 5.18. The third kappa shape index (κ3) is 3.93. The average molecular weight is 404 g/mol. The van der Waals surface area contributed by atoms with Gasteiger partial charge in [0.05, 0.1) is 11.9 Å². The molecule has 0 aliphatic heterocycles. The molecule has 6 heteroatoms. The molecule has 0 atom stereocenters. The second kappa shape index (κ2) is 7.93. The highest BCUT2D eigenvalue weighted by Gasteiger charge is 2.11. The predicted octanol–water partition coefficient (Wildman–Crippen LogP) is 4.97. The molecule has 0 bridgehead atoms. The van der Waals surface area contributed by atoms with Crippen molar-refractivity contribution in [3.8, 4) is 22.8 Å². The van der Waals surface area contributed by atoms with E-state index in [0.717, 1.165) is 26.8 Å². The maximum Gasteiger partial charge on any atom is 0.206 e. The monoisotopic (exact) mass is 403 g/mol. The lowest BCUT2D eigenvalue weighted by molar-refractivity contribution is 0.403. The van der Waals surface area contributed by atoms with Crippen LogP contribution in [0.5, 0.6) is 11.5 Å². The number of hydrogen-bond donors (Lipinski definition) is 2. The molecular weight excluding hydrogens is 382 g/mol. The van der Waals surface area contributed by atoms with E-state index in [-0.39, 0.29) is 17.5 Å². The van der Waals surface area contributed by atoms with E-state index in [2.05, 4.69) is 34.7 Å². The van der Waals surface area contributed by atoms with Crippen LogP contribution >= 0.6 is 11.3 Å². The van der Waals surface area contributed by atoms with E-state index >= 15 is 0 Å². The fourth-order valence-electron chi connectivity index (χ4n) is 3.10. The number of thiazole rings is 1. The summed E-state index contributed by atoms with van der Waals surface area (Å²) in [4.78, 5) is 5.50. The standard InChI is InChI=1S/C23H21N3O2S/c1-15(2)25-23-26(24-13-16-10-11-21(27)22(28)12-16)20(14-29-23)19-9-5-7-17-6-3-4-8-18(17)19/h3-15,27-28H,1-2H3. The normalized spacial score (nSPS) is 12.4. The zero-order chi connectivity index (χ0) is 20.4. The van der Waals surface area contributed by atoms with Gasteiger partial charge in [-0.1, -0.05) is 42.5 Å². The first-order valence-electron chi connectivity index (χ1n) is 9.32. The van der Waals surface area contributed by atoms with Gasteiger partial charge in [0.1, 0.15) is 0 Å². The van der Waals surface area contributed by atoms with Gasteiger partial charge >= 0.3 is 0 Å². The van der Waals surface area contributed by atoms with Crippen LogP contribution in [0.4, 0.5) is 0 Å². The third-order valence-corrected chi connectivity index (χ3v) is 5.27. The van der Waals surface area contributed by atoms with Gasteiger partial charge in [0.25, 0.3) is 0 Å². The summed E-state index contributed by atoms with van der Waals surface area (Å²) in [6.45, 7) is 4.06. The zero-order valence-electron chi connectivity index (χ0n) is 16.1. The lowest BCUT2D eigenvalue weighted by Gasteiger charge is -2.08. The smallest absolute Gasteiger partial charge is 0.206 e. The van der Waals surface area contributed by atoms with E-state index in [1.54, 1.807) is 23.6 Å². The van der Waals surface area contributed by atoms with Crippen LogP contribution in [0.25, 0.3) is 22.0 Å². The minimum Gasteiger partial charge on any atom is -0.504 e. The molecule has 0 spiro atoms. The van der Waals surface area contributed by atoms with Crippen molar-refractivity contribution in [2.45, 2.75) is 19.9 Å².